The lowest BCUT2D eigenvalue weighted by molar-refractivity contribution is -0.141. The van der Waals surface area contributed by atoms with Gasteiger partial charge in [0, 0.05) is 11.3 Å². The second-order valence-electron chi connectivity index (χ2n) is 6.67. The molecule has 0 saturated carbocycles. The normalized spacial score (nSPS) is 11.5. The molecule has 0 radical (unpaired) electrons. The predicted molar refractivity (Wildman–Crippen MR) is 104 cm³/mol. The van der Waals surface area contributed by atoms with Crippen LogP contribution >= 0.6 is 0 Å². The van der Waals surface area contributed by atoms with Crippen LogP contribution in [0.5, 0.6) is 0 Å². The maximum Gasteiger partial charge on any atom is 0.306 e. The summed E-state index contributed by atoms with van der Waals surface area (Å²) in [5, 5.41) is 14.2. The highest BCUT2D eigenvalue weighted by atomic mass is 16.4. The summed E-state index contributed by atoms with van der Waals surface area (Å²) < 4.78 is 0. The molecule has 142 valence electrons. The number of hydrogen-bond donors (Lipinski definition) is 3. The van der Waals surface area contributed by atoms with Crippen molar-refractivity contribution >= 4 is 23.5 Å². The first-order chi connectivity index (χ1) is 12.8. The van der Waals surface area contributed by atoms with Gasteiger partial charge < -0.3 is 15.7 Å². The first kappa shape index (κ1) is 20.2. The third kappa shape index (κ3) is 5.95. The van der Waals surface area contributed by atoms with E-state index in [0.717, 1.165) is 16.7 Å². The van der Waals surface area contributed by atoms with Crippen molar-refractivity contribution in [2.45, 2.75) is 27.2 Å². The minimum absolute atomic E-state index is 0.135. The van der Waals surface area contributed by atoms with E-state index in [2.05, 4.69) is 10.6 Å². The Kier molecular flexibility index (Phi) is 6.71. The summed E-state index contributed by atoms with van der Waals surface area (Å²) in [5.41, 5.74) is 4.11. The molecule has 0 fully saturated rings. The summed E-state index contributed by atoms with van der Waals surface area (Å²) in [7, 11) is 0. The molecule has 1 atom stereocenters. The largest absolute Gasteiger partial charge is 0.481 e. The Hall–Kier alpha value is -3.15. The number of carboxylic acid groups (broad SMARTS) is 1. The molecular formula is C21H24N2O4. The molecular weight excluding hydrogens is 344 g/mol. The fourth-order valence-electron chi connectivity index (χ4n) is 2.52. The summed E-state index contributed by atoms with van der Waals surface area (Å²) in [6.45, 7) is 5.41. The third-order valence-corrected chi connectivity index (χ3v) is 4.38. The highest BCUT2D eigenvalue weighted by molar-refractivity contribution is 5.99. The van der Waals surface area contributed by atoms with Crippen LogP contribution in [0.25, 0.3) is 0 Å². The Morgan fingerprint density at radius 3 is 2.26 bits per heavy atom. The Morgan fingerprint density at radius 2 is 1.67 bits per heavy atom. The molecule has 0 bridgehead atoms. The number of rotatable bonds is 7. The maximum absolute atomic E-state index is 12.1. The van der Waals surface area contributed by atoms with Gasteiger partial charge in [0.05, 0.1) is 12.5 Å². The van der Waals surface area contributed by atoms with Gasteiger partial charge in [0.1, 0.15) is 0 Å². The fourth-order valence-corrected chi connectivity index (χ4v) is 2.52. The van der Waals surface area contributed by atoms with Gasteiger partial charge >= 0.3 is 5.97 Å². The van der Waals surface area contributed by atoms with Crippen molar-refractivity contribution in [3.05, 3.63) is 64.7 Å². The van der Waals surface area contributed by atoms with E-state index in [0.29, 0.717) is 17.7 Å². The zero-order valence-electron chi connectivity index (χ0n) is 15.7. The van der Waals surface area contributed by atoms with E-state index >= 15 is 0 Å². The molecule has 2 rings (SSSR count). The fraction of sp³-hybridized carbons (Fsp3) is 0.286. The topological polar surface area (TPSA) is 95.5 Å². The van der Waals surface area contributed by atoms with Crippen molar-refractivity contribution in [1.82, 2.24) is 5.32 Å². The molecule has 0 aliphatic carbocycles. The summed E-state index contributed by atoms with van der Waals surface area (Å²) in [5.74, 6) is -1.94. The molecule has 0 aliphatic heterocycles. The lowest BCUT2D eigenvalue weighted by Crippen LogP contribution is -2.32. The van der Waals surface area contributed by atoms with Crippen LogP contribution < -0.4 is 10.6 Å². The average Bonchev–Trinajstić information content (AvgIpc) is 2.63. The molecule has 27 heavy (non-hydrogen) atoms. The Labute approximate surface area is 158 Å². The van der Waals surface area contributed by atoms with E-state index in [9.17, 15) is 14.4 Å². The minimum Gasteiger partial charge on any atom is -0.481 e. The Morgan fingerprint density at radius 1 is 1.00 bits per heavy atom. The number of amides is 2. The van der Waals surface area contributed by atoms with Crippen molar-refractivity contribution < 1.29 is 19.5 Å². The lowest BCUT2D eigenvalue weighted by atomic mass is 10.0. The molecule has 0 spiro atoms. The van der Waals surface area contributed by atoms with Gasteiger partial charge in [-0.05, 0) is 61.2 Å². The zero-order chi connectivity index (χ0) is 20.0. The van der Waals surface area contributed by atoms with Crippen molar-refractivity contribution in [3.63, 3.8) is 0 Å². The first-order valence-electron chi connectivity index (χ1n) is 8.73. The second-order valence-corrected chi connectivity index (χ2v) is 6.67. The van der Waals surface area contributed by atoms with Crippen LogP contribution in [0, 0.1) is 19.8 Å². The van der Waals surface area contributed by atoms with E-state index in [4.69, 9.17) is 5.11 Å². The van der Waals surface area contributed by atoms with Crippen LogP contribution in [0.4, 0.5) is 5.69 Å². The molecule has 6 nitrogen and oxygen atoms in total. The van der Waals surface area contributed by atoms with Crippen LogP contribution in [0.2, 0.25) is 0 Å². The lowest BCUT2D eigenvalue weighted by Gasteiger charge is -2.10. The molecule has 0 aliphatic rings. The van der Waals surface area contributed by atoms with E-state index in [1.54, 1.807) is 43.3 Å². The summed E-state index contributed by atoms with van der Waals surface area (Å²) in [6, 6.07) is 12.4. The standard InChI is InChI=1S/C21H24N2O4/c1-13-4-7-17(11-14(13)2)20(25)22-12-19(24)23-18-8-5-16(6-9-18)10-15(3)21(26)27/h4-9,11,15H,10,12H2,1-3H3,(H,22,25)(H,23,24)(H,26,27). The van der Waals surface area contributed by atoms with Crippen LogP contribution in [-0.2, 0) is 16.0 Å². The molecule has 2 aromatic carbocycles. The number of hydrogen-bond acceptors (Lipinski definition) is 3. The highest BCUT2D eigenvalue weighted by Crippen LogP contribution is 2.13. The van der Waals surface area contributed by atoms with Crippen LogP contribution in [0.15, 0.2) is 42.5 Å². The molecule has 6 heteroatoms. The first-order valence-corrected chi connectivity index (χ1v) is 8.73. The monoisotopic (exact) mass is 368 g/mol. The summed E-state index contributed by atoms with van der Waals surface area (Å²) in [4.78, 5) is 35.0. The highest BCUT2D eigenvalue weighted by Gasteiger charge is 2.12. The van der Waals surface area contributed by atoms with Crippen molar-refractivity contribution in [2.24, 2.45) is 5.92 Å². The smallest absolute Gasteiger partial charge is 0.306 e. The summed E-state index contributed by atoms with van der Waals surface area (Å²) >= 11 is 0. The van der Waals surface area contributed by atoms with E-state index in [1.807, 2.05) is 19.9 Å². The number of benzene rings is 2. The van der Waals surface area contributed by atoms with Crippen molar-refractivity contribution in [1.29, 1.82) is 0 Å². The van der Waals surface area contributed by atoms with Gasteiger partial charge in [-0.2, -0.15) is 0 Å². The van der Waals surface area contributed by atoms with Gasteiger partial charge in [-0.25, -0.2) is 0 Å². The number of aryl methyl sites for hydroxylation is 2. The van der Waals surface area contributed by atoms with Crippen LogP contribution in [0.1, 0.15) is 34.0 Å². The van der Waals surface area contributed by atoms with Crippen LogP contribution in [-0.4, -0.2) is 29.4 Å². The zero-order valence-corrected chi connectivity index (χ0v) is 15.7. The van der Waals surface area contributed by atoms with Gasteiger partial charge in [-0.3, -0.25) is 14.4 Å². The average molecular weight is 368 g/mol. The maximum atomic E-state index is 12.1. The number of nitrogens with one attached hydrogen (secondary N) is 2. The number of carboxylic acids is 1. The van der Waals surface area contributed by atoms with Gasteiger partial charge in [0.2, 0.25) is 5.91 Å². The molecule has 1 unspecified atom stereocenters. The summed E-state index contributed by atoms with van der Waals surface area (Å²) in [6.07, 6.45) is 0.426. The molecule has 0 heterocycles. The number of carbonyl (C=O) groups excluding carboxylic acids is 2. The molecule has 0 saturated heterocycles. The number of aliphatic carboxylic acids is 1. The SMILES string of the molecule is Cc1ccc(C(=O)NCC(=O)Nc2ccc(CC(C)C(=O)O)cc2)cc1C. The third-order valence-electron chi connectivity index (χ3n) is 4.38. The van der Waals surface area contributed by atoms with Crippen LogP contribution in [0.3, 0.4) is 0 Å². The van der Waals surface area contributed by atoms with E-state index in [1.165, 1.54) is 0 Å². The molecule has 0 aromatic heterocycles. The van der Waals surface area contributed by atoms with Gasteiger partial charge in [0.25, 0.3) is 5.91 Å². The van der Waals surface area contributed by atoms with Crippen molar-refractivity contribution in [2.75, 3.05) is 11.9 Å². The molecule has 2 aromatic rings. The van der Waals surface area contributed by atoms with E-state index in [-0.39, 0.29) is 18.4 Å². The predicted octanol–water partition coefficient (Wildman–Crippen LogP) is 2.94. The Bertz CT molecular complexity index is 844. The van der Waals surface area contributed by atoms with E-state index < -0.39 is 11.9 Å². The number of anilines is 1. The second kappa shape index (κ2) is 8.98. The van der Waals surface area contributed by atoms with Gasteiger partial charge in [-0.1, -0.05) is 25.1 Å². The number of carbonyl (C=O) groups is 3. The Balaban J connectivity index is 1.85. The molecule has 2 amide bonds. The van der Waals surface area contributed by atoms with Gasteiger partial charge in [-0.15, -0.1) is 0 Å². The molecule has 3 N–H and O–H groups in total. The van der Waals surface area contributed by atoms with Gasteiger partial charge in [0.15, 0.2) is 0 Å². The van der Waals surface area contributed by atoms with Crippen molar-refractivity contribution in [3.8, 4) is 0 Å². The quantitative estimate of drug-likeness (QED) is 0.700. The minimum atomic E-state index is -0.841.